The summed E-state index contributed by atoms with van der Waals surface area (Å²) in [5.41, 5.74) is 2.94. The van der Waals surface area contributed by atoms with Crippen LogP contribution in [-0.4, -0.2) is 17.1 Å². The van der Waals surface area contributed by atoms with Gasteiger partial charge in [-0.3, -0.25) is 0 Å². The van der Waals surface area contributed by atoms with E-state index < -0.39 is 0 Å². The van der Waals surface area contributed by atoms with Gasteiger partial charge in [0, 0.05) is 6.07 Å². The minimum absolute atomic E-state index is 0.769. The first-order chi connectivity index (χ1) is 8.69. The molecule has 0 saturated heterocycles. The van der Waals surface area contributed by atoms with E-state index in [-0.39, 0.29) is 0 Å². The van der Waals surface area contributed by atoms with Gasteiger partial charge in [0.15, 0.2) is 0 Å². The standard InChI is InChI=1S/C13H11ClN2OS/c1-7-6-18-12(11(7)14)13-15-9-4-3-8(17-2)5-10(9)16-13/h3-6H,1-2H3,(H,15,16). The van der Waals surface area contributed by atoms with Gasteiger partial charge in [-0.2, -0.15) is 0 Å². The zero-order chi connectivity index (χ0) is 12.7. The molecule has 92 valence electrons. The van der Waals surface area contributed by atoms with Crippen LogP contribution in [0.4, 0.5) is 0 Å². The van der Waals surface area contributed by atoms with Crippen molar-refractivity contribution in [3.05, 3.63) is 34.2 Å². The molecule has 1 aromatic carbocycles. The summed E-state index contributed by atoms with van der Waals surface area (Å²) in [6.45, 7) is 1.99. The number of rotatable bonds is 2. The number of hydrogen-bond acceptors (Lipinski definition) is 3. The number of aromatic amines is 1. The number of methoxy groups -OCH3 is 1. The van der Waals surface area contributed by atoms with Gasteiger partial charge < -0.3 is 9.72 Å². The Kier molecular flexibility index (Phi) is 2.76. The summed E-state index contributed by atoms with van der Waals surface area (Å²) in [5.74, 6) is 1.62. The third-order valence-electron chi connectivity index (χ3n) is 2.80. The van der Waals surface area contributed by atoms with Crippen molar-refractivity contribution in [1.82, 2.24) is 9.97 Å². The summed E-state index contributed by atoms with van der Waals surface area (Å²) in [4.78, 5) is 8.80. The van der Waals surface area contributed by atoms with Crippen molar-refractivity contribution < 1.29 is 4.74 Å². The first-order valence-electron chi connectivity index (χ1n) is 5.47. The average Bonchev–Trinajstić information content (AvgIpc) is 2.93. The molecule has 0 aliphatic heterocycles. The largest absolute Gasteiger partial charge is 0.497 e. The van der Waals surface area contributed by atoms with Crippen LogP contribution in [0.15, 0.2) is 23.6 Å². The highest BCUT2D eigenvalue weighted by Crippen LogP contribution is 2.35. The second-order valence-electron chi connectivity index (χ2n) is 4.03. The second-order valence-corrected chi connectivity index (χ2v) is 5.29. The number of fused-ring (bicyclic) bond motifs is 1. The van der Waals surface area contributed by atoms with Crippen LogP contribution in [-0.2, 0) is 0 Å². The number of ether oxygens (including phenoxy) is 1. The van der Waals surface area contributed by atoms with Gasteiger partial charge in [-0.05, 0) is 30.0 Å². The van der Waals surface area contributed by atoms with E-state index in [0.29, 0.717) is 0 Å². The normalized spacial score (nSPS) is 11.1. The van der Waals surface area contributed by atoms with Gasteiger partial charge in [-0.15, -0.1) is 11.3 Å². The minimum Gasteiger partial charge on any atom is -0.497 e. The fourth-order valence-electron chi connectivity index (χ4n) is 1.81. The number of halogens is 1. The molecule has 3 rings (SSSR count). The van der Waals surface area contributed by atoms with Crippen molar-refractivity contribution in [2.24, 2.45) is 0 Å². The van der Waals surface area contributed by atoms with Gasteiger partial charge >= 0.3 is 0 Å². The van der Waals surface area contributed by atoms with Crippen LogP contribution in [0, 0.1) is 6.92 Å². The molecule has 0 radical (unpaired) electrons. The number of nitrogens with one attached hydrogen (secondary N) is 1. The predicted octanol–water partition coefficient (Wildman–Crippen LogP) is 4.26. The lowest BCUT2D eigenvalue weighted by Gasteiger charge is -1.96. The maximum Gasteiger partial charge on any atom is 0.150 e. The molecule has 2 heterocycles. The maximum atomic E-state index is 6.26. The Morgan fingerprint density at radius 1 is 1.39 bits per heavy atom. The molecule has 0 aliphatic carbocycles. The van der Waals surface area contributed by atoms with E-state index in [0.717, 1.165) is 38.1 Å². The number of nitrogens with zero attached hydrogens (tertiary/aromatic N) is 1. The summed E-state index contributed by atoms with van der Waals surface area (Å²) in [7, 11) is 1.65. The fourth-order valence-corrected chi connectivity index (χ4v) is 3.04. The summed E-state index contributed by atoms with van der Waals surface area (Å²) in [6.07, 6.45) is 0. The zero-order valence-electron chi connectivity index (χ0n) is 9.95. The minimum atomic E-state index is 0.769. The molecule has 3 aromatic rings. The molecule has 3 nitrogen and oxygen atoms in total. The van der Waals surface area contributed by atoms with E-state index in [1.807, 2.05) is 30.5 Å². The molecule has 0 bridgehead atoms. The topological polar surface area (TPSA) is 37.9 Å². The Hall–Kier alpha value is -1.52. The molecule has 0 fully saturated rings. The monoisotopic (exact) mass is 278 g/mol. The van der Waals surface area contributed by atoms with Gasteiger partial charge in [0.1, 0.15) is 11.6 Å². The van der Waals surface area contributed by atoms with E-state index in [1.54, 1.807) is 18.4 Å². The molecule has 5 heteroatoms. The first kappa shape index (κ1) is 11.6. The zero-order valence-corrected chi connectivity index (χ0v) is 11.5. The van der Waals surface area contributed by atoms with Gasteiger partial charge in [0.05, 0.1) is 28.0 Å². The summed E-state index contributed by atoms with van der Waals surface area (Å²) >= 11 is 7.85. The third kappa shape index (κ3) is 1.78. The summed E-state index contributed by atoms with van der Waals surface area (Å²) in [6, 6.07) is 5.76. The number of aryl methyl sites for hydroxylation is 1. The predicted molar refractivity (Wildman–Crippen MR) is 75.7 cm³/mol. The van der Waals surface area contributed by atoms with E-state index in [9.17, 15) is 0 Å². The SMILES string of the molecule is COc1ccc2nc(-c3scc(C)c3Cl)[nH]c2c1. The number of benzene rings is 1. The lowest BCUT2D eigenvalue weighted by Crippen LogP contribution is -1.81. The Morgan fingerprint density at radius 2 is 2.22 bits per heavy atom. The lowest BCUT2D eigenvalue weighted by atomic mass is 10.3. The van der Waals surface area contributed by atoms with Crippen LogP contribution in [0.3, 0.4) is 0 Å². The molecule has 18 heavy (non-hydrogen) atoms. The molecular weight excluding hydrogens is 268 g/mol. The van der Waals surface area contributed by atoms with Crippen LogP contribution in [0.1, 0.15) is 5.56 Å². The number of thiophene rings is 1. The van der Waals surface area contributed by atoms with Crippen molar-refractivity contribution >= 4 is 34.0 Å². The molecular formula is C13H11ClN2OS. The highest BCUT2D eigenvalue weighted by molar-refractivity contribution is 7.14. The van der Waals surface area contributed by atoms with Gasteiger partial charge in [-0.25, -0.2) is 4.98 Å². The molecule has 2 aromatic heterocycles. The first-order valence-corrected chi connectivity index (χ1v) is 6.72. The van der Waals surface area contributed by atoms with E-state index in [1.165, 1.54) is 0 Å². The van der Waals surface area contributed by atoms with Crippen LogP contribution in [0.5, 0.6) is 5.75 Å². The van der Waals surface area contributed by atoms with Crippen molar-refractivity contribution in [3.63, 3.8) is 0 Å². The van der Waals surface area contributed by atoms with Gasteiger partial charge in [0.2, 0.25) is 0 Å². The highest BCUT2D eigenvalue weighted by atomic mass is 35.5. The van der Waals surface area contributed by atoms with E-state index in [2.05, 4.69) is 9.97 Å². The van der Waals surface area contributed by atoms with E-state index in [4.69, 9.17) is 16.3 Å². The van der Waals surface area contributed by atoms with Crippen LogP contribution >= 0.6 is 22.9 Å². The van der Waals surface area contributed by atoms with Crippen molar-refractivity contribution in [1.29, 1.82) is 0 Å². The van der Waals surface area contributed by atoms with Crippen LogP contribution in [0.25, 0.3) is 21.7 Å². The summed E-state index contributed by atoms with van der Waals surface area (Å²) in [5, 5.41) is 2.80. The quantitative estimate of drug-likeness (QED) is 0.760. The molecule has 0 unspecified atom stereocenters. The highest BCUT2D eigenvalue weighted by Gasteiger charge is 2.13. The molecule has 0 atom stereocenters. The average molecular weight is 279 g/mol. The fraction of sp³-hybridized carbons (Fsp3) is 0.154. The summed E-state index contributed by atoms with van der Waals surface area (Å²) < 4.78 is 5.19. The smallest absolute Gasteiger partial charge is 0.150 e. The number of imidazole rings is 1. The molecule has 0 aliphatic rings. The van der Waals surface area contributed by atoms with E-state index >= 15 is 0 Å². The van der Waals surface area contributed by atoms with Crippen LogP contribution in [0.2, 0.25) is 5.02 Å². The number of hydrogen-bond donors (Lipinski definition) is 1. The Labute approximate surface area is 113 Å². The number of H-pyrrole nitrogens is 1. The van der Waals surface area contributed by atoms with Crippen molar-refractivity contribution in [2.45, 2.75) is 6.92 Å². The van der Waals surface area contributed by atoms with Crippen molar-refractivity contribution in [3.8, 4) is 16.5 Å². The Balaban J connectivity index is 2.16. The van der Waals surface area contributed by atoms with Crippen LogP contribution < -0.4 is 4.74 Å². The molecule has 0 amide bonds. The Bertz CT molecular complexity index is 717. The van der Waals surface area contributed by atoms with Crippen molar-refractivity contribution in [2.75, 3.05) is 7.11 Å². The molecule has 1 N–H and O–H groups in total. The lowest BCUT2D eigenvalue weighted by molar-refractivity contribution is 0.415. The van der Waals surface area contributed by atoms with Gasteiger partial charge in [0.25, 0.3) is 0 Å². The second kappa shape index (κ2) is 4.30. The number of aromatic nitrogens is 2. The maximum absolute atomic E-state index is 6.26. The Morgan fingerprint density at radius 3 is 2.89 bits per heavy atom. The van der Waals surface area contributed by atoms with Gasteiger partial charge in [-0.1, -0.05) is 11.6 Å². The molecule has 0 spiro atoms. The third-order valence-corrected chi connectivity index (χ3v) is 4.51. The molecule has 0 saturated carbocycles.